The van der Waals surface area contributed by atoms with E-state index in [4.69, 9.17) is 25.5 Å². The molecular weight excluding hydrogens is 424 g/mol. The predicted molar refractivity (Wildman–Crippen MR) is 96.8 cm³/mol. The van der Waals surface area contributed by atoms with Crippen LogP contribution >= 0.6 is 0 Å². The van der Waals surface area contributed by atoms with Gasteiger partial charge in [-0.3, -0.25) is 0 Å². The Morgan fingerprint density at radius 3 is 1.19 bits per heavy atom. The van der Waals surface area contributed by atoms with E-state index in [1.807, 2.05) is 0 Å². The van der Waals surface area contributed by atoms with E-state index < -0.39 is 91.6 Å². The van der Waals surface area contributed by atoms with Crippen molar-refractivity contribution < 1.29 is 63.8 Å². The molecule has 170 valence electrons. The molecule has 0 saturated carbocycles. The van der Waals surface area contributed by atoms with Crippen molar-refractivity contribution in [1.82, 2.24) is 0 Å². The van der Waals surface area contributed by atoms with E-state index in [9.17, 15) is 28.8 Å². The number of ether oxygens (including phenoxy) is 2. The van der Waals surface area contributed by atoms with E-state index in [0.29, 0.717) is 18.2 Å². The van der Waals surface area contributed by atoms with E-state index in [0.717, 1.165) is 0 Å². The van der Waals surface area contributed by atoms with E-state index >= 15 is 0 Å². The lowest BCUT2D eigenvalue weighted by Gasteiger charge is -2.08. The molecule has 0 aliphatic heterocycles. The third-order valence-corrected chi connectivity index (χ3v) is 3.20. The molecule has 0 bridgehead atoms. The van der Waals surface area contributed by atoms with Gasteiger partial charge in [-0.2, -0.15) is 0 Å². The lowest BCUT2D eigenvalue weighted by atomic mass is 10.1. The van der Waals surface area contributed by atoms with Gasteiger partial charge >= 0.3 is 35.8 Å². The SMILES string of the molecule is O=C(O)/C=C(/CCO)C(=O)OC(=O)/C=C(\CCO)C(=O)OC(=O)/C(=C\C(=O)O)CCO. The Hall–Kier alpha value is -3.68. The molecule has 0 aromatic carbocycles. The van der Waals surface area contributed by atoms with Gasteiger partial charge in [0.15, 0.2) is 0 Å². The van der Waals surface area contributed by atoms with Gasteiger partial charge in [0.1, 0.15) is 0 Å². The summed E-state index contributed by atoms with van der Waals surface area (Å²) in [6.07, 6.45) is -0.181. The molecule has 0 saturated heterocycles. The normalized spacial score (nSPS) is 12.2. The fourth-order valence-electron chi connectivity index (χ4n) is 1.90. The van der Waals surface area contributed by atoms with Crippen LogP contribution in [0.1, 0.15) is 19.3 Å². The molecule has 0 amide bonds. The fraction of sp³-hybridized carbons (Fsp3) is 0.333. The van der Waals surface area contributed by atoms with Crippen molar-refractivity contribution in [2.24, 2.45) is 0 Å². The molecule has 13 heteroatoms. The third kappa shape index (κ3) is 11.2. The average Bonchev–Trinajstić information content (AvgIpc) is 2.66. The van der Waals surface area contributed by atoms with Gasteiger partial charge in [0.25, 0.3) is 0 Å². The molecule has 13 nitrogen and oxygen atoms in total. The minimum atomic E-state index is -1.55. The lowest BCUT2D eigenvalue weighted by Crippen LogP contribution is -2.20. The number of hydrogen-bond acceptors (Lipinski definition) is 11. The van der Waals surface area contributed by atoms with Crippen molar-refractivity contribution in [3.05, 3.63) is 34.9 Å². The highest BCUT2D eigenvalue weighted by atomic mass is 16.6. The minimum Gasteiger partial charge on any atom is -0.478 e. The number of aliphatic carboxylic acids is 2. The Kier molecular flexibility index (Phi) is 12.6. The molecule has 0 aromatic heterocycles. The van der Waals surface area contributed by atoms with Crippen LogP contribution in [0.15, 0.2) is 34.9 Å². The second-order valence-electron chi connectivity index (χ2n) is 5.49. The second kappa shape index (κ2) is 14.3. The van der Waals surface area contributed by atoms with Gasteiger partial charge in [0.2, 0.25) is 0 Å². The molecule has 31 heavy (non-hydrogen) atoms. The molecule has 5 N–H and O–H groups in total. The van der Waals surface area contributed by atoms with Gasteiger partial charge in [0, 0.05) is 74.0 Å². The second-order valence-corrected chi connectivity index (χ2v) is 5.49. The summed E-state index contributed by atoms with van der Waals surface area (Å²) < 4.78 is 8.75. The van der Waals surface area contributed by atoms with Crippen molar-refractivity contribution in [2.75, 3.05) is 19.8 Å². The zero-order chi connectivity index (χ0) is 24.0. The van der Waals surface area contributed by atoms with Crippen molar-refractivity contribution in [1.29, 1.82) is 0 Å². The third-order valence-electron chi connectivity index (χ3n) is 3.20. The van der Waals surface area contributed by atoms with Gasteiger partial charge < -0.3 is 35.0 Å². The molecule has 0 atom stereocenters. The molecule has 0 aliphatic rings. The van der Waals surface area contributed by atoms with E-state index in [2.05, 4.69) is 9.47 Å². The Morgan fingerprint density at radius 2 is 0.871 bits per heavy atom. The molecule has 0 aromatic rings. The summed E-state index contributed by atoms with van der Waals surface area (Å²) in [5.41, 5.74) is -1.74. The van der Waals surface area contributed by atoms with Crippen LogP contribution in [0.3, 0.4) is 0 Å². The summed E-state index contributed by atoms with van der Waals surface area (Å²) in [5, 5.41) is 44.0. The molecule has 0 aliphatic carbocycles. The summed E-state index contributed by atoms with van der Waals surface area (Å²) >= 11 is 0. The largest absolute Gasteiger partial charge is 0.478 e. The number of aliphatic hydroxyl groups is 3. The molecule has 0 fully saturated rings. The van der Waals surface area contributed by atoms with Gasteiger partial charge in [-0.15, -0.1) is 0 Å². The zero-order valence-electron chi connectivity index (χ0n) is 16.0. The summed E-state index contributed by atoms with van der Waals surface area (Å²) in [5.74, 6) is -8.86. The highest BCUT2D eigenvalue weighted by Gasteiger charge is 2.22. The van der Waals surface area contributed by atoms with Crippen LogP contribution in [0, 0.1) is 0 Å². The topological polar surface area (TPSA) is 222 Å². The summed E-state index contributed by atoms with van der Waals surface area (Å²) in [6.45, 7) is -1.95. The maximum absolute atomic E-state index is 12.1. The number of carbonyl (C=O) groups is 6. The lowest BCUT2D eigenvalue weighted by molar-refractivity contribution is -0.157. The first-order chi connectivity index (χ1) is 14.5. The first-order valence-corrected chi connectivity index (χ1v) is 8.48. The number of carbonyl (C=O) groups excluding carboxylic acids is 4. The first-order valence-electron chi connectivity index (χ1n) is 8.48. The van der Waals surface area contributed by atoms with Gasteiger partial charge in [-0.05, 0) is 0 Å². The first kappa shape index (κ1) is 27.3. The van der Waals surface area contributed by atoms with Gasteiger partial charge in [-0.25, -0.2) is 28.8 Å². The highest BCUT2D eigenvalue weighted by Crippen LogP contribution is 2.11. The number of carboxylic acid groups (broad SMARTS) is 2. The Morgan fingerprint density at radius 1 is 0.548 bits per heavy atom. The number of hydrogen-bond donors (Lipinski definition) is 5. The van der Waals surface area contributed by atoms with Gasteiger partial charge in [-0.1, -0.05) is 0 Å². The maximum atomic E-state index is 12.1. The van der Waals surface area contributed by atoms with Crippen LogP contribution in [-0.4, -0.2) is 81.2 Å². The Bertz CT molecular complexity index is 816. The van der Waals surface area contributed by atoms with E-state index in [1.54, 1.807) is 0 Å². The molecule has 0 rings (SSSR count). The van der Waals surface area contributed by atoms with Crippen LogP contribution in [0.2, 0.25) is 0 Å². The van der Waals surface area contributed by atoms with Crippen LogP contribution < -0.4 is 0 Å². The predicted octanol–water partition coefficient (Wildman–Crippen LogP) is -1.78. The Labute approximate surface area is 174 Å². The van der Waals surface area contributed by atoms with E-state index in [-0.39, 0.29) is 0 Å². The quantitative estimate of drug-likeness (QED) is 0.128. The van der Waals surface area contributed by atoms with Gasteiger partial charge in [0.05, 0.1) is 0 Å². The zero-order valence-corrected chi connectivity index (χ0v) is 16.0. The number of rotatable bonds is 12. The summed E-state index contributed by atoms with van der Waals surface area (Å²) in [6, 6.07) is 0. The van der Waals surface area contributed by atoms with Crippen LogP contribution in [0.25, 0.3) is 0 Å². The molecule has 0 spiro atoms. The summed E-state index contributed by atoms with van der Waals surface area (Å²) in [7, 11) is 0. The molecule has 0 unspecified atom stereocenters. The summed E-state index contributed by atoms with van der Waals surface area (Å²) in [4.78, 5) is 69.0. The standard InChI is InChI=1S/C18H20O13/c19-4-1-10(7-13(22)23)16(27)30-15(26)9-12(3-6-21)18(29)31-17(28)11(2-5-20)8-14(24)25/h7-9,19-21H,1-6H2,(H,22,23)(H,24,25)/b10-7-,11-8-,12-9+. The molecular formula is C18H20O13. The van der Waals surface area contributed by atoms with Crippen molar-refractivity contribution >= 4 is 35.8 Å². The highest BCUT2D eigenvalue weighted by molar-refractivity contribution is 6.08. The Balaban J connectivity index is 5.48. The van der Waals surface area contributed by atoms with Crippen molar-refractivity contribution in [3.63, 3.8) is 0 Å². The fourth-order valence-corrected chi connectivity index (χ4v) is 1.90. The number of aliphatic hydroxyl groups excluding tert-OH is 3. The number of esters is 4. The minimum absolute atomic E-state index is 0.408. The average molecular weight is 444 g/mol. The van der Waals surface area contributed by atoms with Crippen LogP contribution in [-0.2, 0) is 38.2 Å². The molecule has 0 heterocycles. The monoisotopic (exact) mass is 444 g/mol. The van der Waals surface area contributed by atoms with Crippen LogP contribution in [0.4, 0.5) is 0 Å². The molecule has 0 radical (unpaired) electrons. The van der Waals surface area contributed by atoms with Crippen molar-refractivity contribution in [2.45, 2.75) is 19.3 Å². The van der Waals surface area contributed by atoms with Crippen LogP contribution in [0.5, 0.6) is 0 Å². The van der Waals surface area contributed by atoms with Crippen molar-refractivity contribution in [3.8, 4) is 0 Å². The maximum Gasteiger partial charge on any atom is 0.342 e. The number of carboxylic acids is 2. The smallest absolute Gasteiger partial charge is 0.342 e. The van der Waals surface area contributed by atoms with E-state index in [1.165, 1.54) is 0 Å².